The average molecular weight is 182 g/mol. The Labute approximate surface area is 67.0 Å². The van der Waals surface area contributed by atoms with Crippen LogP contribution in [-0.4, -0.2) is 20.3 Å². The van der Waals surface area contributed by atoms with Crippen molar-refractivity contribution in [2.45, 2.75) is 13.8 Å². The van der Waals surface area contributed by atoms with Gasteiger partial charge in [-0.15, -0.1) is 0 Å². The Morgan fingerprint density at radius 2 is 2.00 bits per heavy atom. The van der Waals surface area contributed by atoms with Gasteiger partial charge in [-0.05, 0) is 0 Å². The Morgan fingerprint density at radius 3 is 2.40 bits per heavy atom. The van der Waals surface area contributed by atoms with Gasteiger partial charge in [-0.3, -0.25) is 0 Å². The summed E-state index contributed by atoms with van der Waals surface area (Å²) in [6.07, 6.45) is 0. The Hall–Kier alpha value is 0.780. The van der Waals surface area contributed by atoms with E-state index in [0.29, 0.717) is 8.50 Å². The maximum Gasteiger partial charge on any atom is 0.0582 e. The molecule has 0 aromatic carbocycles. The minimum atomic E-state index is 0.151. The molecule has 0 bridgehead atoms. The fraction of sp³-hybridized carbons (Fsp3) is 1.00. The standard InChI is InChI=1S/C6H16O2P2/c1-6(2,4-7-3)5-8-10-9/h10H,4-5,9H2,1-3H3. The first kappa shape index (κ1) is 10.8. The van der Waals surface area contributed by atoms with E-state index in [0.717, 1.165) is 13.2 Å². The normalized spacial score (nSPS) is 13.2. The van der Waals surface area contributed by atoms with Crippen LogP contribution in [0.15, 0.2) is 0 Å². The lowest BCUT2D eigenvalue weighted by atomic mass is 9.97. The van der Waals surface area contributed by atoms with Crippen LogP contribution in [0.25, 0.3) is 0 Å². The third-order valence-corrected chi connectivity index (χ3v) is 1.89. The summed E-state index contributed by atoms with van der Waals surface area (Å²) in [6, 6.07) is 0. The molecule has 0 fully saturated rings. The van der Waals surface area contributed by atoms with Crippen molar-refractivity contribution in [3.8, 4) is 0 Å². The molecule has 2 unspecified atom stereocenters. The van der Waals surface area contributed by atoms with Crippen LogP contribution < -0.4 is 0 Å². The Kier molecular flexibility index (Phi) is 5.86. The monoisotopic (exact) mass is 182 g/mol. The maximum atomic E-state index is 5.26. The number of hydrogen-bond donors (Lipinski definition) is 0. The van der Waals surface area contributed by atoms with E-state index in [9.17, 15) is 0 Å². The minimum absolute atomic E-state index is 0.151. The zero-order valence-corrected chi connectivity index (χ0v) is 8.96. The topological polar surface area (TPSA) is 18.5 Å². The van der Waals surface area contributed by atoms with E-state index in [1.165, 1.54) is 0 Å². The van der Waals surface area contributed by atoms with Crippen LogP contribution in [-0.2, 0) is 9.26 Å². The van der Waals surface area contributed by atoms with E-state index in [1.807, 2.05) is 0 Å². The molecule has 2 atom stereocenters. The summed E-state index contributed by atoms with van der Waals surface area (Å²) >= 11 is 0. The van der Waals surface area contributed by atoms with E-state index in [4.69, 9.17) is 9.26 Å². The average Bonchev–Trinajstić information content (AvgIpc) is 1.84. The molecule has 62 valence electrons. The second kappa shape index (κ2) is 5.43. The van der Waals surface area contributed by atoms with Crippen molar-refractivity contribution in [3.63, 3.8) is 0 Å². The van der Waals surface area contributed by atoms with Gasteiger partial charge >= 0.3 is 0 Å². The molecular weight excluding hydrogens is 166 g/mol. The molecule has 0 N–H and O–H groups in total. The predicted octanol–water partition coefficient (Wildman–Crippen LogP) is 2.06. The number of hydrogen-bond acceptors (Lipinski definition) is 2. The van der Waals surface area contributed by atoms with Crippen LogP contribution in [0.2, 0.25) is 0 Å². The molecule has 10 heavy (non-hydrogen) atoms. The van der Waals surface area contributed by atoms with Crippen LogP contribution >= 0.6 is 17.4 Å². The summed E-state index contributed by atoms with van der Waals surface area (Å²) in [5.41, 5.74) is 0.151. The summed E-state index contributed by atoms with van der Waals surface area (Å²) < 4.78 is 10.3. The van der Waals surface area contributed by atoms with Crippen LogP contribution in [0.3, 0.4) is 0 Å². The second-order valence-corrected chi connectivity index (χ2v) is 4.24. The van der Waals surface area contributed by atoms with Crippen molar-refractivity contribution < 1.29 is 9.26 Å². The van der Waals surface area contributed by atoms with E-state index in [-0.39, 0.29) is 5.41 Å². The van der Waals surface area contributed by atoms with Crippen LogP contribution in [0.5, 0.6) is 0 Å². The Balaban J connectivity index is 3.42. The molecular formula is C6H16O2P2. The highest BCUT2D eigenvalue weighted by molar-refractivity contribution is 8.00. The van der Waals surface area contributed by atoms with Crippen LogP contribution in [0.1, 0.15) is 13.8 Å². The molecule has 0 rings (SSSR count). The minimum Gasteiger partial charge on any atom is -0.384 e. The van der Waals surface area contributed by atoms with Crippen LogP contribution in [0.4, 0.5) is 0 Å². The largest absolute Gasteiger partial charge is 0.384 e. The lowest BCUT2D eigenvalue weighted by Gasteiger charge is -2.22. The summed E-state index contributed by atoms with van der Waals surface area (Å²) in [5, 5.41) is 0. The molecule has 0 amide bonds. The van der Waals surface area contributed by atoms with Crippen molar-refractivity contribution in [2.75, 3.05) is 20.3 Å². The molecule has 4 heteroatoms. The first-order chi connectivity index (χ1) is 4.62. The summed E-state index contributed by atoms with van der Waals surface area (Å²) in [7, 11) is 4.77. The van der Waals surface area contributed by atoms with Gasteiger partial charge in [0.15, 0.2) is 0 Å². The summed E-state index contributed by atoms with van der Waals surface area (Å²) in [6.45, 7) is 5.77. The van der Waals surface area contributed by atoms with Gasteiger partial charge in [-0.2, -0.15) is 0 Å². The molecule has 0 aliphatic heterocycles. The predicted molar refractivity (Wildman–Crippen MR) is 49.6 cm³/mol. The molecule has 0 aromatic heterocycles. The smallest absolute Gasteiger partial charge is 0.0582 e. The van der Waals surface area contributed by atoms with E-state index in [1.54, 1.807) is 7.11 Å². The van der Waals surface area contributed by atoms with Gasteiger partial charge in [0.1, 0.15) is 0 Å². The molecule has 0 spiro atoms. The van der Waals surface area contributed by atoms with Gasteiger partial charge in [-0.25, -0.2) is 0 Å². The third kappa shape index (κ3) is 5.56. The molecule has 2 nitrogen and oxygen atoms in total. The van der Waals surface area contributed by atoms with E-state index < -0.39 is 0 Å². The van der Waals surface area contributed by atoms with Gasteiger partial charge in [0.05, 0.1) is 13.2 Å². The molecule has 0 aromatic rings. The quantitative estimate of drug-likeness (QED) is 0.606. The zero-order chi connectivity index (χ0) is 8.04. The highest BCUT2D eigenvalue weighted by atomic mass is 32.0. The Morgan fingerprint density at radius 1 is 1.40 bits per heavy atom. The number of rotatable bonds is 5. The second-order valence-electron chi connectivity index (χ2n) is 3.00. The SMILES string of the molecule is COCC(C)(C)COPP. The van der Waals surface area contributed by atoms with Gasteiger partial charge in [0.25, 0.3) is 0 Å². The van der Waals surface area contributed by atoms with Crippen molar-refractivity contribution in [2.24, 2.45) is 5.41 Å². The highest BCUT2D eigenvalue weighted by Crippen LogP contribution is 2.26. The maximum absolute atomic E-state index is 5.26. The summed E-state index contributed by atoms with van der Waals surface area (Å²) in [4.78, 5) is 0. The van der Waals surface area contributed by atoms with Crippen molar-refractivity contribution in [3.05, 3.63) is 0 Å². The van der Waals surface area contributed by atoms with Crippen molar-refractivity contribution >= 4 is 17.4 Å². The number of ether oxygens (including phenoxy) is 1. The van der Waals surface area contributed by atoms with Crippen molar-refractivity contribution in [1.29, 1.82) is 0 Å². The number of methoxy groups -OCH3 is 1. The van der Waals surface area contributed by atoms with Crippen molar-refractivity contribution in [1.82, 2.24) is 0 Å². The highest BCUT2D eigenvalue weighted by Gasteiger charge is 2.17. The van der Waals surface area contributed by atoms with Gasteiger partial charge in [-0.1, -0.05) is 22.8 Å². The molecule has 0 heterocycles. The molecule has 0 saturated heterocycles. The first-order valence-corrected chi connectivity index (χ1v) is 5.90. The van der Waals surface area contributed by atoms with E-state index in [2.05, 4.69) is 22.8 Å². The van der Waals surface area contributed by atoms with Gasteiger partial charge in [0, 0.05) is 21.0 Å². The van der Waals surface area contributed by atoms with Gasteiger partial charge < -0.3 is 9.26 Å². The lowest BCUT2D eigenvalue weighted by molar-refractivity contribution is 0.0706. The molecule has 0 radical (unpaired) electrons. The molecule has 0 saturated carbocycles. The fourth-order valence-electron chi connectivity index (χ4n) is 0.669. The molecule has 0 aliphatic rings. The molecule has 0 aliphatic carbocycles. The first-order valence-electron chi connectivity index (χ1n) is 3.19. The van der Waals surface area contributed by atoms with Gasteiger partial charge in [0.2, 0.25) is 0 Å². The summed E-state index contributed by atoms with van der Waals surface area (Å²) in [5.74, 6) is 0. The Bertz CT molecular complexity index is 85.8. The zero-order valence-electron chi connectivity index (χ0n) is 6.81. The van der Waals surface area contributed by atoms with E-state index >= 15 is 0 Å². The fourth-order valence-corrected chi connectivity index (χ4v) is 1.39. The third-order valence-electron chi connectivity index (χ3n) is 1.08. The van der Waals surface area contributed by atoms with Crippen LogP contribution in [0, 0.1) is 5.41 Å². The lowest BCUT2D eigenvalue weighted by Crippen LogP contribution is -2.23.